The lowest BCUT2D eigenvalue weighted by Crippen LogP contribution is -2.49. The van der Waals surface area contributed by atoms with Crippen LogP contribution in [0.15, 0.2) is 28.2 Å². The number of amides is 1. The standard InChI is InChI=1S/C16H15BrFN3O4S/c1-9(2)16(17)13(22)20-15(26(3,23)24)21-14(16)25-8-10-4-5-12(18)6-11(10)7-19/h4-6,9H,8H2,1-3H3. The van der Waals surface area contributed by atoms with E-state index in [1.54, 1.807) is 13.8 Å². The van der Waals surface area contributed by atoms with Crippen LogP contribution in [0, 0.1) is 23.1 Å². The van der Waals surface area contributed by atoms with Crippen LogP contribution in [0.3, 0.4) is 0 Å². The molecule has 0 radical (unpaired) electrons. The van der Waals surface area contributed by atoms with Crippen LogP contribution in [-0.2, 0) is 26.0 Å². The van der Waals surface area contributed by atoms with Crippen molar-refractivity contribution in [3.8, 4) is 6.07 Å². The average Bonchev–Trinajstić information content (AvgIpc) is 2.55. The Labute approximate surface area is 158 Å². The predicted octanol–water partition coefficient (Wildman–Crippen LogP) is 2.34. The molecule has 0 bridgehead atoms. The minimum Gasteiger partial charge on any atom is -0.474 e. The van der Waals surface area contributed by atoms with Gasteiger partial charge < -0.3 is 4.74 Å². The Morgan fingerprint density at radius 1 is 1.38 bits per heavy atom. The van der Waals surface area contributed by atoms with E-state index in [4.69, 9.17) is 10.00 Å². The highest BCUT2D eigenvalue weighted by Crippen LogP contribution is 2.35. The number of rotatable bonds is 3. The average molecular weight is 444 g/mol. The highest BCUT2D eigenvalue weighted by Gasteiger charge is 2.49. The first kappa shape index (κ1) is 20.2. The molecule has 1 aromatic rings. The third kappa shape index (κ3) is 3.83. The summed E-state index contributed by atoms with van der Waals surface area (Å²) in [5, 5.41) is 8.45. The summed E-state index contributed by atoms with van der Waals surface area (Å²) < 4.78 is 40.8. The SMILES string of the molecule is CC(C)C1(Br)C(=O)N=C(S(C)(=O)=O)N=C1OCc1ccc(F)cc1C#N. The molecule has 0 saturated heterocycles. The van der Waals surface area contributed by atoms with Crippen LogP contribution in [0.25, 0.3) is 0 Å². The van der Waals surface area contributed by atoms with Crippen LogP contribution in [0.5, 0.6) is 0 Å². The predicted molar refractivity (Wildman–Crippen MR) is 97.1 cm³/mol. The Kier molecular flexibility index (Phi) is 5.63. The Hall–Kier alpha value is -2.12. The van der Waals surface area contributed by atoms with Gasteiger partial charge in [-0.25, -0.2) is 12.8 Å². The summed E-state index contributed by atoms with van der Waals surface area (Å²) >= 11 is 3.27. The van der Waals surface area contributed by atoms with Gasteiger partial charge in [-0.15, -0.1) is 0 Å². The van der Waals surface area contributed by atoms with Gasteiger partial charge >= 0.3 is 0 Å². The highest BCUT2D eigenvalue weighted by molar-refractivity contribution is 9.10. The molecular weight excluding hydrogens is 429 g/mol. The fourth-order valence-corrected chi connectivity index (χ4v) is 2.96. The number of alkyl halides is 1. The number of ether oxygens (including phenoxy) is 1. The zero-order valence-corrected chi connectivity index (χ0v) is 16.6. The van der Waals surface area contributed by atoms with Gasteiger partial charge in [0.05, 0.1) is 11.6 Å². The summed E-state index contributed by atoms with van der Waals surface area (Å²) in [6.45, 7) is 3.22. The van der Waals surface area contributed by atoms with Gasteiger partial charge in [0.25, 0.3) is 11.1 Å². The molecule has 1 amide bonds. The molecule has 138 valence electrons. The van der Waals surface area contributed by atoms with Crippen LogP contribution in [0.4, 0.5) is 4.39 Å². The van der Waals surface area contributed by atoms with E-state index in [1.807, 2.05) is 6.07 Å². The minimum atomic E-state index is -3.83. The number of carbonyl (C=O) groups excluding carboxylic acids is 1. The maximum atomic E-state index is 13.2. The molecule has 0 aromatic heterocycles. The smallest absolute Gasteiger partial charge is 0.274 e. The second-order valence-corrected chi connectivity index (χ2v) is 9.12. The number of aliphatic imine (C=N–C) groups is 2. The number of hydrogen-bond donors (Lipinski definition) is 0. The molecule has 0 spiro atoms. The van der Waals surface area contributed by atoms with Crippen LogP contribution >= 0.6 is 15.9 Å². The second kappa shape index (κ2) is 7.25. The van der Waals surface area contributed by atoms with Crippen molar-refractivity contribution in [1.82, 2.24) is 0 Å². The monoisotopic (exact) mass is 443 g/mol. The summed E-state index contributed by atoms with van der Waals surface area (Å²) in [4.78, 5) is 19.9. The van der Waals surface area contributed by atoms with Crippen molar-refractivity contribution in [2.45, 2.75) is 24.8 Å². The largest absolute Gasteiger partial charge is 0.474 e. The van der Waals surface area contributed by atoms with Gasteiger partial charge in [0.1, 0.15) is 12.4 Å². The summed E-state index contributed by atoms with van der Waals surface area (Å²) in [6.07, 6.45) is 0.880. The van der Waals surface area contributed by atoms with E-state index in [2.05, 4.69) is 25.9 Å². The molecule has 1 aromatic carbocycles. The first-order valence-corrected chi connectivity index (χ1v) is 10.1. The van der Waals surface area contributed by atoms with Crippen LogP contribution < -0.4 is 0 Å². The topological polar surface area (TPSA) is 109 Å². The van der Waals surface area contributed by atoms with E-state index < -0.39 is 31.1 Å². The van der Waals surface area contributed by atoms with Gasteiger partial charge in [0.2, 0.25) is 15.7 Å². The van der Waals surface area contributed by atoms with E-state index in [0.29, 0.717) is 5.56 Å². The lowest BCUT2D eigenvalue weighted by Gasteiger charge is -2.31. The molecule has 0 saturated carbocycles. The molecule has 2 rings (SSSR count). The van der Waals surface area contributed by atoms with Crippen LogP contribution in [0.1, 0.15) is 25.0 Å². The van der Waals surface area contributed by atoms with E-state index in [9.17, 15) is 17.6 Å². The van der Waals surface area contributed by atoms with Crippen LogP contribution in [0.2, 0.25) is 0 Å². The maximum Gasteiger partial charge on any atom is 0.274 e. The molecule has 0 aliphatic carbocycles. The summed E-state index contributed by atoms with van der Waals surface area (Å²) in [5.41, 5.74) is 0.431. The van der Waals surface area contributed by atoms with E-state index in [1.165, 1.54) is 12.1 Å². The Bertz CT molecular complexity index is 966. The van der Waals surface area contributed by atoms with Crippen molar-refractivity contribution in [2.75, 3.05) is 6.26 Å². The summed E-state index contributed by atoms with van der Waals surface area (Å²) in [5.74, 6) is -1.86. The summed E-state index contributed by atoms with van der Waals surface area (Å²) in [6, 6.07) is 5.44. The highest BCUT2D eigenvalue weighted by atomic mass is 79.9. The number of halogens is 2. The molecule has 1 atom stereocenters. The molecule has 1 aliphatic heterocycles. The summed E-state index contributed by atoms with van der Waals surface area (Å²) in [7, 11) is -3.83. The molecule has 26 heavy (non-hydrogen) atoms. The number of carbonyl (C=O) groups is 1. The molecule has 0 N–H and O–H groups in total. The lowest BCUT2D eigenvalue weighted by atomic mass is 9.94. The quantitative estimate of drug-likeness (QED) is 0.665. The molecule has 10 heteroatoms. The number of sulfone groups is 1. The maximum absolute atomic E-state index is 13.2. The molecule has 1 heterocycles. The number of nitriles is 1. The number of amidine groups is 1. The third-order valence-corrected chi connectivity index (χ3v) is 6.14. The van der Waals surface area contributed by atoms with Gasteiger partial charge in [0, 0.05) is 11.8 Å². The third-order valence-electron chi connectivity index (χ3n) is 3.70. The van der Waals surface area contributed by atoms with Gasteiger partial charge in [-0.3, -0.25) is 4.79 Å². The fraction of sp³-hybridized carbons (Fsp3) is 0.375. The second-order valence-electron chi connectivity index (χ2n) is 5.96. The van der Waals surface area contributed by atoms with Crippen LogP contribution in [-0.4, -0.2) is 36.0 Å². The molecule has 0 fully saturated rings. The normalized spacial score (nSPS) is 20.4. The number of hydrogen-bond acceptors (Lipinski definition) is 6. The van der Waals surface area contributed by atoms with Crippen molar-refractivity contribution in [2.24, 2.45) is 15.9 Å². The van der Waals surface area contributed by atoms with Crippen molar-refractivity contribution in [1.29, 1.82) is 5.26 Å². The van der Waals surface area contributed by atoms with Crippen molar-refractivity contribution < 1.29 is 22.3 Å². The number of nitrogens with zero attached hydrogens (tertiary/aromatic N) is 3. The van der Waals surface area contributed by atoms with E-state index >= 15 is 0 Å². The van der Waals surface area contributed by atoms with Crippen molar-refractivity contribution in [3.05, 3.63) is 35.1 Å². The molecule has 7 nitrogen and oxygen atoms in total. The Morgan fingerprint density at radius 3 is 2.58 bits per heavy atom. The van der Waals surface area contributed by atoms with Gasteiger partial charge in [-0.1, -0.05) is 35.8 Å². The van der Waals surface area contributed by atoms with Gasteiger partial charge in [0.15, 0.2) is 4.32 Å². The Morgan fingerprint density at radius 2 is 2.04 bits per heavy atom. The minimum absolute atomic E-state index is 0.0643. The number of benzene rings is 1. The first-order chi connectivity index (χ1) is 12.0. The fourth-order valence-electron chi connectivity index (χ4n) is 2.17. The Balaban J connectivity index is 2.43. The molecule has 1 unspecified atom stereocenters. The van der Waals surface area contributed by atoms with Crippen molar-refractivity contribution >= 4 is 42.7 Å². The zero-order chi connectivity index (χ0) is 19.7. The molecule has 1 aliphatic rings. The van der Waals surface area contributed by atoms with E-state index in [-0.39, 0.29) is 24.0 Å². The first-order valence-electron chi connectivity index (χ1n) is 7.42. The van der Waals surface area contributed by atoms with Crippen molar-refractivity contribution in [3.63, 3.8) is 0 Å². The zero-order valence-electron chi connectivity index (χ0n) is 14.2. The van der Waals surface area contributed by atoms with Gasteiger partial charge in [-0.05, 0) is 18.1 Å². The molecular formula is C16H15BrFN3O4S. The van der Waals surface area contributed by atoms with Gasteiger partial charge in [-0.2, -0.15) is 15.2 Å². The lowest BCUT2D eigenvalue weighted by molar-refractivity contribution is -0.119. The van der Waals surface area contributed by atoms with E-state index in [0.717, 1.165) is 12.3 Å².